The largest absolute Gasteiger partial charge is 0.573 e. The molecule has 1 amide bonds. The number of likely N-dealkylation sites (N-methyl/N-ethyl adjacent to an activating group) is 1. The highest BCUT2D eigenvalue weighted by molar-refractivity contribution is 6.45. The van der Waals surface area contributed by atoms with Crippen LogP contribution in [0.5, 0.6) is 5.75 Å². The summed E-state index contributed by atoms with van der Waals surface area (Å²) in [5, 5.41) is 10.0. The Bertz CT molecular complexity index is 1090. The second kappa shape index (κ2) is 11.2. The number of halogens is 5. The second-order valence-corrected chi connectivity index (χ2v) is 7.40. The van der Waals surface area contributed by atoms with E-state index in [-0.39, 0.29) is 33.6 Å². The van der Waals surface area contributed by atoms with Crippen LogP contribution in [-0.4, -0.2) is 37.9 Å². The molecule has 0 bridgehead atoms. The Morgan fingerprint density at radius 1 is 1.18 bits per heavy atom. The van der Waals surface area contributed by atoms with Gasteiger partial charge in [-0.25, -0.2) is 0 Å². The van der Waals surface area contributed by atoms with Crippen molar-refractivity contribution in [2.45, 2.75) is 26.8 Å². The lowest BCUT2D eigenvalue weighted by Gasteiger charge is -2.15. The van der Waals surface area contributed by atoms with Crippen molar-refractivity contribution in [3.05, 3.63) is 62.6 Å². The third kappa shape index (κ3) is 7.00. The van der Waals surface area contributed by atoms with E-state index in [1.807, 2.05) is 0 Å². The molecule has 0 saturated carbocycles. The van der Waals surface area contributed by atoms with E-state index in [0.29, 0.717) is 11.1 Å². The number of carbonyl (C=O) groups is 1. The maximum atomic E-state index is 12.8. The molecule has 0 aromatic heterocycles. The standard InChI is InChI=1S/C21H20Cl2F3N3O4/c1-11-6-5-7-14(19(29-31-4)20(30)27-3)15(11)10-32-28-12(2)18-16(23)8-13(22)9-17(18)33-21(24,25)26/h5-9H,10H2,1-4H3,(H,27,30)/b28-12+,29-19+. The smallest absolute Gasteiger partial charge is 0.405 e. The molecule has 0 saturated heterocycles. The van der Waals surface area contributed by atoms with Crippen molar-refractivity contribution in [2.24, 2.45) is 10.3 Å². The minimum Gasteiger partial charge on any atom is -0.405 e. The third-order valence-electron chi connectivity index (χ3n) is 4.31. The minimum absolute atomic E-state index is 0.0168. The summed E-state index contributed by atoms with van der Waals surface area (Å²) in [5.74, 6) is -1.10. The first-order valence-corrected chi connectivity index (χ1v) is 10.1. The molecule has 0 unspecified atom stereocenters. The third-order valence-corrected chi connectivity index (χ3v) is 4.82. The Morgan fingerprint density at radius 2 is 1.88 bits per heavy atom. The van der Waals surface area contributed by atoms with Gasteiger partial charge in [0.15, 0.2) is 5.71 Å². The Hall–Kier alpha value is -2.98. The summed E-state index contributed by atoms with van der Waals surface area (Å²) in [6, 6.07) is 7.41. The van der Waals surface area contributed by atoms with Crippen LogP contribution in [0.2, 0.25) is 10.0 Å². The molecule has 0 aliphatic heterocycles. The van der Waals surface area contributed by atoms with Crippen molar-refractivity contribution in [3.63, 3.8) is 0 Å². The summed E-state index contributed by atoms with van der Waals surface area (Å²) >= 11 is 11.9. The lowest BCUT2D eigenvalue weighted by Crippen LogP contribution is -2.29. The number of aryl methyl sites for hydroxylation is 1. The number of hydrogen-bond donors (Lipinski definition) is 1. The molecule has 0 fully saturated rings. The number of nitrogens with one attached hydrogen (secondary N) is 1. The summed E-state index contributed by atoms with van der Waals surface area (Å²) in [5.41, 5.74) is 1.68. The van der Waals surface area contributed by atoms with Crippen LogP contribution in [0.3, 0.4) is 0 Å². The molecule has 0 aliphatic carbocycles. The molecular formula is C21H20Cl2F3N3O4. The van der Waals surface area contributed by atoms with E-state index >= 15 is 0 Å². The normalized spacial score (nSPS) is 12.4. The van der Waals surface area contributed by atoms with Crippen LogP contribution in [0.4, 0.5) is 13.2 Å². The van der Waals surface area contributed by atoms with Gasteiger partial charge in [-0.05, 0) is 31.5 Å². The van der Waals surface area contributed by atoms with Crippen molar-refractivity contribution < 1.29 is 32.4 Å². The van der Waals surface area contributed by atoms with Crippen LogP contribution >= 0.6 is 23.2 Å². The van der Waals surface area contributed by atoms with Gasteiger partial charge in [-0.1, -0.05) is 51.7 Å². The van der Waals surface area contributed by atoms with E-state index in [4.69, 9.17) is 32.9 Å². The van der Waals surface area contributed by atoms with Crippen LogP contribution in [0.1, 0.15) is 29.2 Å². The maximum Gasteiger partial charge on any atom is 0.573 e. The van der Waals surface area contributed by atoms with Gasteiger partial charge < -0.3 is 19.7 Å². The van der Waals surface area contributed by atoms with Crippen molar-refractivity contribution in [1.82, 2.24) is 5.32 Å². The molecule has 2 aromatic carbocycles. The average Bonchev–Trinajstić information content (AvgIpc) is 2.71. The van der Waals surface area contributed by atoms with Crippen molar-refractivity contribution in [3.8, 4) is 5.75 Å². The summed E-state index contributed by atoms with van der Waals surface area (Å²) in [4.78, 5) is 22.4. The van der Waals surface area contributed by atoms with Gasteiger partial charge in [-0.15, -0.1) is 13.2 Å². The molecule has 2 rings (SSSR count). The lowest BCUT2D eigenvalue weighted by atomic mass is 9.98. The van der Waals surface area contributed by atoms with Gasteiger partial charge in [0.2, 0.25) is 0 Å². The molecule has 0 atom stereocenters. The fraction of sp³-hybridized carbons (Fsp3) is 0.286. The number of rotatable bonds is 8. The topological polar surface area (TPSA) is 81.5 Å². The maximum absolute atomic E-state index is 12.8. The van der Waals surface area contributed by atoms with E-state index in [9.17, 15) is 18.0 Å². The molecule has 1 N–H and O–H groups in total. The van der Waals surface area contributed by atoms with Gasteiger partial charge in [-0.3, -0.25) is 4.79 Å². The fourth-order valence-electron chi connectivity index (χ4n) is 2.88. The zero-order valence-corrected chi connectivity index (χ0v) is 19.5. The molecular weight excluding hydrogens is 486 g/mol. The molecule has 2 aromatic rings. The number of carbonyl (C=O) groups excluding carboxylic acids is 1. The minimum atomic E-state index is -4.96. The first-order valence-electron chi connectivity index (χ1n) is 9.32. The van der Waals surface area contributed by atoms with Gasteiger partial charge in [0.05, 0.1) is 16.3 Å². The van der Waals surface area contributed by atoms with Crippen molar-refractivity contribution >= 4 is 40.5 Å². The number of nitrogens with zero attached hydrogens (tertiary/aromatic N) is 2. The van der Waals surface area contributed by atoms with Gasteiger partial charge in [0, 0.05) is 23.2 Å². The molecule has 0 radical (unpaired) electrons. The summed E-state index contributed by atoms with van der Waals surface area (Å²) < 4.78 is 42.5. The number of oxime groups is 2. The van der Waals surface area contributed by atoms with Crippen LogP contribution in [0.25, 0.3) is 0 Å². The molecule has 178 valence electrons. The van der Waals surface area contributed by atoms with E-state index in [1.165, 1.54) is 27.1 Å². The van der Waals surface area contributed by atoms with E-state index in [0.717, 1.165) is 11.6 Å². The Balaban J connectivity index is 2.39. The van der Waals surface area contributed by atoms with Gasteiger partial charge in [0.25, 0.3) is 5.91 Å². The van der Waals surface area contributed by atoms with Crippen LogP contribution in [0, 0.1) is 6.92 Å². The van der Waals surface area contributed by atoms with Gasteiger partial charge >= 0.3 is 6.36 Å². The van der Waals surface area contributed by atoms with Crippen molar-refractivity contribution in [1.29, 1.82) is 0 Å². The molecule has 12 heteroatoms. The Kier molecular flexibility index (Phi) is 8.95. The average molecular weight is 506 g/mol. The number of amides is 1. The zero-order valence-electron chi connectivity index (χ0n) is 18.0. The number of ether oxygens (including phenoxy) is 1. The predicted octanol–water partition coefficient (Wildman–Crippen LogP) is 5.24. The van der Waals surface area contributed by atoms with E-state index in [1.54, 1.807) is 25.1 Å². The van der Waals surface area contributed by atoms with E-state index in [2.05, 4.69) is 20.4 Å². The van der Waals surface area contributed by atoms with Crippen molar-refractivity contribution in [2.75, 3.05) is 14.2 Å². The molecule has 33 heavy (non-hydrogen) atoms. The summed E-state index contributed by atoms with van der Waals surface area (Å²) in [6.07, 6.45) is -4.96. The number of hydrogen-bond acceptors (Lipinski definition) is 6. The Morgan fingerprint density at radius 3 is 2.48 bits per heavy atom. The molecule has 0 heterocycles. The fourth-order valence-corrected chi connectivity index (χ4v) is 3.50. The monoisotopic (exact) mass is 505 g/mol. The second-order valence-electron chi connectivity index (χ2n) is 6.56. The van der Waals surface area contributed by atoms with Gasteiger partial charge in [0.1, 0.15) is 19.5 Å². The number of alkyl halides is 3. The molecule has 0 spiro atoms. The quantitative estimate of drug-likeness (QED) is 0.393. The van der Waals surface area contributed by atoms with Crippen LogP contribution < -0.4 is 10.1 Å². The summed E-state index contributed by atoms with van der Waals surface area (Å²) in [7, 11) is 2.75. The lowest BCUT2D eigenvalue weighted by molar-refractivity contribution is -0.274. The molecule has 7 nitrogen and oxygen atoms in total. The SMILES string of the molecule is CNC(=O)/C(=N/OC)c1cccc(C)c1CO/N=C(\C)c1c(Cl)cc(Cl)cc1OC(F)(F)F. The molecule has 0 aliphatic rings. The predicted molar refractivity (Wildman–Crippen MR) is 119 cm³/mol. The van der Waals surface area contributed by atoms with E-state index < -0.39 is 18.0 Å². The zero-order chi connectivity index (χ0) is 24.8. The number of benzene rings is 2. The first kappa shape index (κ1) is 26.3. The summed E-state index contributed by atoms with van der Waals surface area (Å²) in [6.45, 7) is 3.07. The highest BCUT2D eigenvalue weighted by Crippen LogP contribution is 2.35. The van der Waals surface area contributed by atoms with Crippen LogP contribution in [0.15, 0.2) is 40.6 Å². The Labute approximate surface area is 198 Å². The highest BCUT2D eigenvalue weighted by Gasteiger charge is 2.33. The first-order chi connectivity index (χ1) is 15.5. The van der Waals surface area contributed by atoms with Gasteiger partial charge in [-0.2, -0.15) is 0 Å². The highest BCUT2D eigenvalue weighted by atomic mass is 35.5. The van der Waals surface area contributed by atoms with Crippen LogP contribution in [-0.2, 0) is 21.1 Å².